The van der Waals surface area contributed by atoms with E-state index in [4.69, 9.17) is 4.74 Å². The van der Waals surface area contributed by atoms with Gasteiger partial charge >= 0.3 is 0 Å². The Kier molecular flexibility index (Phi) is 4.68. The normalized spacial score (nSPS) is 14.9. The molecule has 0 amide bonds. The van der Waals surface area contributed by atoms with Crippen molar-refractivity contribution in [3.05, 3.63) is 18.1 Å². The molecule has 0 aliphatic rings. The maximum Gasteiger partial charge on any atom is 0.232 e. The average molecular weight is 223 g/mol. The van der Waals surface area contributed by atoms with Crippen LogP contribution in [-0.2, 0) is 0 Å². The van der Waals surface area contributed by atoms with E-state index in [1.165, 1.54) is 0 Å². The lowest BCUT2D eigenvalue weighted by atomic mass is 9.86. The largest absolute Gasteiger partial charge is 0.480 e. The Morgan fingerprint density at radius 1 is 1.25 bits per heavy atom. The van der Waals surface area contributed by atoms with Crippen molar-refractivity contribution < 1.29 is 4.74 Å². The van der Waals surface area contributed by atoms with Crippen LogP contribution in [0.1, 0.15) is 32.4 Å². The van der Waals surface area contributed by atoms with Gasteiger partial charge in [-0.25, -0.2) is 4.98 Å². The van der Waals surface area contributed by atoms with Crippen LogP contribution in [0.15, 0.2) is 12.4 Å². The van der Waals surface area contributed by atoms with E-state index in [1.54, 1.807) is 13.3 Å². The molecule has 0 aromatic carbocycles. The summed E-state index contributed by atoms with van der Waals surface area (Å²) in [5, 5.41) is 3.27. The van der Waals surface area contributed by atoms with E-state index in [9.17, 15) is 0 Å². The third-order valence-corrected chi connectivity index (χ3v) is 2.89. The molecule has 16 heavy (non-hydrogen) atoms. The van der Waals surface area contributed by atoms with Crippen molar-refractivity contribution >= 4 is 0 Å². The van der Waals surface area contributed by atoms with Crippen molar-refractivity contribution in [2.75, 3.05) is 14.2 Å². The topological polar surface area (TPSA) is 47.0 Å². The fourth-order valence-corrected chi connectivity index (χ4v) is 1.98. The Bertz CT molecular complexity index is 328. The molecular formula is C12H21N3O. The molecule has 1 aromatic heterocycles. The molecule has 1 heterocycles. The molecule has 1 aromatic rings. The van der Waals surface area contributed by atoms with E-state index in [-0.39, 0.29) is 0 Å². The number of hydrogen-bond acceptors (Lipinski definition) is 4. The fraction of sp³-hybridized carbons (Fsp3) is 0.667. The Labute approximate surface area is 97.5 Å². The van der Waals surface area contributed by atoms with E-state index in [1.807, 2.05) is 13.2 Å². The first-order valence-electron chi connectivity index (χ1n) is 5.63. The summed E-state index contributed by atoms with van der Waals surface area (Å²) in [6.07, 6.45) is 3.45. The summed E-state index contributed by atoms with van der Waals surface area (Å²) >= 11 is 0. The third kappa shape index (κ3) is 2.92. The third-order valence-electron chi connectivity index (χ3n) is 2.89. The van der Waals surface area contributed by atoms with Crippen molar-refractivity contribution in [3.8, 4) is 5.88 Å². The van der Waals surface area contributed by atoms with Gasteiger partial charge in [-0.2, -0.15) is 0 Å². The highest BCUT2D eigenvalue weighted by atomic mass is 16.5. The first-order chi connectivity index (χ1) is 7.60. The molecular weight excluding hydrogens is 202 g/mol. The lowest BCUT2D eigenvalue weighted by molar-refractivity contribution is 0.367. The van der Waals surface area contributed by atoms with Crippen molar-refractivity contribution in [2.45, 2.75) is 32.7 Å². The van der Waals surface area contributed by atoms with Gasteiger partial charge in [0.05, 0.1) is 19.0 Å². The molecule has 0 aliphatic carbocycles. The molecule has 1 N–H and O–H groups in total. The van der Waals surface area contributed by atoms with Gasteiger partial charge < -0.3 is 10.1 Å². The standard InChI is InChI=1S/C12H21N3O/c1-8(2)12(9(3)13-4)10-6-14-7-11(15-10)16-5/h6-9,12-13H,1-5H3. The Morgan fingerprint density at radius 3 is 2.44 bits per heavy atom. The Morgan fingerprint density at radius 2 is 1.94 bits per heavy atom. The number of methoxy groups -OCH3 is 1. The molecule has 4 nitrogen and oxygen atoms in total. The van der Waals surface area contributed by atoms with E-state index in [0.717, 1.165) is 5.69 Å². The average Bonchev–Trinajstić information content (AvgIpc) is 2.29. The van der Waals surface area contributed by atoms with Gasteiger partial charge in [0.1, 0.15) is 0 Å². The molecule has 1 rings (SSSR count). The zero-order valence-electron chi connectivity index (χ0n) is 10.7. The number of rotatable bonds is 5. The van der Waals surface area contributed by atoms with Crippen LogP contribution in [0.3, 0.4) is 0 Å². The molecule has 2 atom stereocenters. The van der Waals surface area contributed by atoms with Crippen LogP contribution in [-0.4, -0.2) is 30.2 Å². The molecule has 2 unspecified atom stereocenters. The molecule has 0 saturated carbocycles. The molecule has 4 heteroatoms. The number of likely N-dealkylation sites (N-methyl/N-ethyl adjacent to an activating group) is 1. The molecule has 0 radical (unpaired) electrons. The minimum absolute atomic E-state index is 0.340. The van der Waals surface area contributed by atoms with Crippen LogP contribution in [0.25, 0.3) is 0 Å². The molecule has 0 fully saturated rings. The number of nitrogens with zero attached hydrogens (tertiary/aromatic N) is 2. The lowest BCUT2D eigenvalue weighted by Gasteiger charge is -2.26. The van der Waals surface area contributed by atoms with Gasteiger partial charge in [0.25, 0.3) is 0 Å². The first kappa shape index (κ1) is 12.9. The first-order valence-corrected chi connectivity index (χ1v) is 5.63. The summed E-state index contributed by atoms with van der Waals surface area (Å²) in [5.41, 5.74) is 0.983. The molecule has 90 valence electrons. The fourth-order valence-electron chi connectivity index (χ4n) is 1.98. The molecule has 0 bridgehead atoms. The molecule has 0 aliphatic heterocycles. The maximum absolute atomic E-state index is 5.10. The predicted octanol–water partition coefficient (Wildman–Crippen LogP) is 1.83. The highest BCUT2D eigenvalue weighted by Crippen LogP contribution is 2.26. The second-order valence-electron chi connectivity index (χ2n) is 4.33. The summed E-state index contributed by atoms with van der Waals surface area (Å²) in [6.45, 7) is 6.55. The summed E-state index contributed by atoms with van der Waals surface area (Å²) in [7, 11) is 3.58. The maximum atomic E-state index is 5.10. The van der Waals surface area contributed by atoms with Gasteiger partial charge in [0.2, 0.25) is 5.88 Å². The van der Waals surface area contributed by atoms with Crippen LogP contribution < -0.4 is 10.1 Å². The van der Waals surface area contributed by atoms with Gasteiger partial charge in [0.15, 0.2) is 0 Å². The lowest BCUT2D eigenvalue weighted by Crippen LogP contribution is -2.32. The van der Waals surface area contributed by atoms with Crippen molar-refractivity contribution in [1.82, 2.24) is 15.3 Å². The highest BCUT2D eigenvalue weighted by molar-refractivity contribution is 5.14. The van der Waals surface area contributed by atoms with Gasteiger partial charge in [-0.05, 0) is 19.9 Å². The summed E-state index contributed by atoms with van der Waals surface area (Å²) < 4.78 is 5.10. The van der Waals surface area contributed by atoms with Gasteiger partial charge in [-0.15, -0.1) is 0 Å². The summed E-state index contributed by atoms with van der Waals surface area (Å²) in [6, 6.07) is 0.362. The molecule has 0 saturated heterocycles. The van der Waals surface area contributed by atoms with Crippen LogP contribution in [0.2, 0.25) is 0 Å². The zero-order valence-corrected chi connectivity index (χ0v) is 10.7. The van der Waals surface area contributed by atoms with Gasteiger partial charge in [-0.1, -0.05) is 13.8 Å². The van der Waals surface area contributed by atoms with Crippen molar-refractivity contribution in [1.29, 1.82) is 0 Å². The summed E-state index contributed by atoms with van der Waals surface area (Å²) in [4.78, 5) is 8.62. The van der Waals surface area contributed by atoms with Crippen LogP contribution in [0, 0.1) is 5.92 Å². The monoisotopic (exact) mass is 223 g/mol. The second kappa shape index (κ2) is 5.80. The van der Waals surface area contributed by atoms with Gasteiger partial charge in [-0.3, -0.25) is 4.98 Å². The van der Waals surface area contributed by atoms with Gasteiger partial charge in [0, 0.05) is 18.2 Å². The second-order valence-corrected chi connectivity index (χ2v) is 4.33. The summed E-state index contributed by atoms with van der Waals surface area (Å²) in [5.74, 6) is 1.42. The van der Waals surface area contributed by atoms with E-state index >= 15 is 0 Å². The number of nitrogens with one attached hydrogen (secondary N) is 1. The molecule has 0 spiro atoms. The van der Waals surface area contributed by atoms with E-state index in [2.05, 4.69) is 36.1 Å². The quantitative estimate of drug-likeness (QED) is 0.827. The highest BCUT2D eigenvalue weighted by Gasteiger charge is 2.23. The predicted molar refractivity (Wildman–Crippen MR) is 64.7 cm³/mol. The smallest absolute Gasteiger partial charge is 0.232 e. The van der Waals surface area contributed by atoms with Crippen LogP contribution in [0.5, 0.6) is 5.88 Å². The Balaban J connectivity index is 3.00. The zero-order chi connectivity index (χ0) is 12.1. The number of aromatic nitrogens is 2. The minimum atomic E-state index is 0.340. The minimum Gasteiger partial charge on any atom is -0.480 e. The van der Waals surface area contributed by atoms with E-state index in [0.29, 0.717) is 23.8 Å². The van der Waals surface area contributed by atoms with Crippen molar-refractivity contribution in [2.24, 2.45) is 5.92 Å². The Hall–Kier alpha value is -1.16. The van der Waals surface area contributed by atoms with Crippen LogP contribution >= 0.6 is 0 Å². The number of ether oxygens (including phenoxy) is 1. The number of hydrogen-bond donors (Lipinski definition) is 1. The van der Waals surface area contributed by atoms with E-state index < -0.39 is 0 Å². The van der Waals surface area contributed by atoms with Crippen molar-refractivity contribution in [3.63, 3.8) is 0 Å². The van der Waals surface area contributed by atoms with Crippen LogP contribution in [0.4, 0.5) is 0 Å². The SMILES string of the molecule is CNC(C)C(c1cncc(OC)n1)C(C)C.